The van der Waals surface area contributed by atoms with Gasteiger partial charge in [0.05, 0.1) is 11.6 Å². The summed E-state index contributed by atoms with van der Waals surface area (Å²) in [5.41, 5.74) is 1.66. The smallest absolute Gasteiger partial charge is 0.0992 e. The Morgan fingerprint density at radius 1 is 1.37 bits per heavy atom. The number of halogens is 1. The second-order valence-electron chi connectivity index (χ2n) is 4.55. The molecule has 1 heterocycles. The molecule has 0 atom stereocenters. The van der Waals surface area contributed by atoms with Crippen LogP contribution in [0.5, 0.6) is 0 Å². The zero-order valence-corrected chi connectivity index (χ0v) is 12.4. The van der Waals surface area contributed by atoms with Crippen molar-refractivity contribution < 1.29 is 0 Å². The van der Waals surface area contributed by atoms with Gasteiger partial charge in [0.1, 0.15) is 0 Å². The molecule has 0 aromatic heterocycles. The van der Waals surface area contributed by atoms with Gasteiger partial charge in [-0.2, -0.15) is 17.0 Å². The highest BCUT2D eigenvalue weighted by molar-refractivity contribution is 7.99. The third-order valence-corrected chi connectivity index (χ3v) is 4.50. The maximum atomic E-state index is 8.78. The van der Waals surface area contributed by atoms with Gasteiger partial charge < -0.3 is 10.2 Å². The summed E-state index contributed by atoms with van der Waals surface area (Å²) in [5.74, 6) is 2.50. The second kappa shape index (κ2) is 7.76. The molecule has 0 bridgehead atoms. The van der Waals surface area contributed by atoms with Crippen LogP contribution in [0.25, 0.3) is 0 Å². The normalized spacial score (nSPS) is 16.2. The molecule has 1 N–H and O–H groups in total. The van der Waals surface area contributed by atoms with Gasteiger partial charge in [0.25, 0.3) is 0 Å². The summed E-state index contributed by atoms with van der Waals surface area (Å²) in [5, 5.41) is 12.9. The molecular weight excluding hydrogens is 278 g/mol. The summed E-state index contributed by atoms with van der Waals surface area (Å²) in [6.07, 6.45) is 0. The van der Waals surface area contributed by atoms with Crippen LogP contribution in [0.2, 0.25) is 5.02 Å². The molecule has 1 aromatic rings. The lowest BCUT2D eigenvalue weighted by Gasteiger charge is -2.26. The van der Waals surface area contributed by atoms with Crippen LogP contribution in [0.3, 0.4) is 0 Å². The first kappa shape index (κ1) is 14.7. The minimum absolute atomic E-state index is 0.611. The average Bonchev–Trinajstić information content (AvgIpc) is 2.46. The van der Waals surface area contributed by atoms with E-state index in [2.05, 4.69) is 16.3 Å². The number of nitriles is 1. The summed E-state index contributed by atoms with van der Waals surface area (Å²) in [6, 6.07) is 7.55. The predicted octanol–water partition coefficient (Wildman–Crippen LogP) is 2.35. The molecule has 2 rings (SSSR count). The van der Waals surface area contributed by atoms with Crippen LogP contribution in [-0.4, -0.2) is 42.6 Å². The van der Waals surface area contributed by atoms with E-state index in [9.17, 15) is 0 Å². The van der Waals surface area contributed by atoms with Crippen LogP contribution in [0.4, 0.5) is 0 Å². The largest absolute Gasteiger partial charge is 0.311 e. The lowest BCUT2D eigenvalue weighted by atomic mass is 10.1. The molecule has 0 unspecified atom stereocenters. The van der Waals surface area contributed by atoms with E-state index in [1.165, 1.54) is 24.6 Å². The molecule has 0 aliphatic carbocycles. The molecule has 1 aromatic carbocycles. The van der Waals surface area contributed by atoms with E-state index >= 15 is 0 Å². The molecule has 0 radical (unpaired) electrons. The SMILES string of the molecule is N#Cc1ccc(CNCCN2CCSCC2)c(Cl)c1. The molecule has 5 heteroatoms. The molecule has 1 fully saturated rings. The lowest BCUT2D eigenvalue weighted by Crippen LogP contribution is -2.37. The van der Waals surface area contributed by atoms with Crippen LogP contribution in [0.1, 0.15) is 11.1 Å². The van der Waals surface area contributed by atoms with Gasteiger partial charge >= 0.3 is 0 Å². The molecule has 0 amide bonds. The zero-order chi connectivity index (χ0) is 13.5. The van der Waals surface area contributed by atoms with Crippen LogP contribution in [0, 0.1) is 11.3 Å². The Balaban J connectivity index is 1.72. The van der Waals surface area contributed by atoms with Gasteiger partial charge in [0.15, 0.2) is 0 Å². The van der Waals surface area contributed by atoms with Crippen LogP contribution in [0.15, 0.2) is 18.2 Å². The van der Waals surface area contributed by atoms with E-state index in [-0.39, 0.29) is 0 Å². The van der Waals surface area contributed by atoms with Crippen molar-refractivity contribution in [2.24, 2.45) is 0 Å². The van der Waals surface area contributed by atoms with Gasteiger partial charge in [0.2, 0.25) is 0 Å². The van der Waals surface area contributed by atoms with E-state index in [1.807, 2.05) is 23.9 Å². The molecule has 0 saturated carbocycles. The van der Waals surface area contributed by atoms with Crippen LogP contribution >= 0.6 is 23.4 Å². The minimum atomic E-state index is 0.611. The van der Waals surface area contributed by atoms with E-state index in [4.69, 9.17) is 16.9 Å². The Kier molecular flexibility index (Phi) is 5.99. The quantitative estimate of drug-likeness (QED) is 0.847. The van der Waals surface area contributed by atoms with Crippen molar-refractivity contribution in [3.63, 3.8) is 0 Å². The molecule has 3 nitrogen and oxygen atoms in total. The van der Waals surface area contributed by atoms with Crippen LogP contribution < -0.4 is 5.32 Å². The van der Waals surface area contributed by atoms with Gasteiger partial charge in [-0.05, 0) is 17.7 Å². The Morgan fingerprint density at radius 3 is 2.84 bits per heavy atom. The first-order valence-electron chi connectivity index (χ1n) is 6.49. The van der Waals surface area contributed by atoms with Crippen molar-refractivity contribution >= 4 is 23.4 Å². The highest BCUT2D eigenvalue weighted by Gasteiger charge is 2.09. The summed E-state index contributed by atoms with van der Waals surface area (Å²) in [4.78, 5) is 2.49. The van der Waals surface area contributed by atoms with Gasteiger partial charge in [-0.1, -0.05) is 17.7 Å². The molecular formula is C14H18ClN3S. The number of hydrogen-bond donors (Lipinski definition) is 1. The fourth-order valence-electron chi connectivity index (χ4n) is 2.05. The van der Waals surface area contributed by atoms with Gasteiger partial charge in [0, 0.05) is 49.3 Å². The topological polar surface area (TPSA) is 39.1 Å². The Hall–Kier alpha value is -0.730. The third-order valence-electron chi connectivity index (χ3n) is 3.21. The summed E-state index contributed by atoms with van der Waals surface area (Å²) in [6.45, 7) is 5.22. The van der Waals surface area contributed by atoms with Crippen molar-refractivity contribution in [3.8, 4) is 6.07 Å². The van der Waals surface area contributed by atoms with E-state index < -0.39 is 0 Å². The number of rotatable bonds is 5. The number of nitrogens with zero attached hydrogens (tertiary/aromatic N) is 2. The average molecular weight is 296 g/mol. The predicted molar refractivity (Wildman–Crippen MR) is 81.6 cm³/mol. The Morgan fingerprint density at radius 2 is 2.16 bits per heavy atom. The second-order valence-corrected chi connectivity index (χ2v) is 6.18. The fourth-order valence-corrected chi connectivity index (χ4v) is 3.27. The third kappa shape index (κ3) is 4.70. The van der Waals surface area contributed by atoms with Crippen molar-refractivity contribution in [1.82, 2.24) is 10.2 Å². The lowest BCUT2D eigenvalue weighted by molar-refractivity contribution is 0.301. The first-order chi connectivity index (χ1) is 9.29. The van der Waals surface area contributed by atoms with Crippen molar-refractivity contribution in [2.45, 2.75) is 6.54 Å². The number of nitrogens with one attached hydrogen (secondary N) is 1. The highest BCUT2D eigenvalue weighted by Crippen LogP contribution is 2.17. The van der Waals surface area contributed by atoms with Gasteiger partial charge in [-0.25, -0.2) is 0 Å². The molecule has 19 heavy (non-hydrogen) atoms. The monoisotopic (exact) mass is 295 g/mol. The fraction of sp³-hybridized carbons (Fsp3) is 0.500. The van der Waals surface area contributed by atoms with Crippen LogP contribution in [-0.2, 0) is 6.54 Å². The Bertz CT molecular complexity index is 452. The van der Waals surface area contributed by atoms with E-state index in [1.54, 1.807) is 6.07 Å². The maximum absolute atomic E-state index is 8.78. The molecule has 102 valence electrons. The van der Waals surface area contributed by atoms with Gasteiger partial charge in [-0.3, -0.25) is 0 Å². The number of thioether (sulfide) groups is 1. The molecule has 0 spiro atoms. The highest BCUT2D eigenvalue weighted by atomic mass is 35.5. The molecule has 1 aliphatic heterocycles. The summed E-state index contributed by atoms with van der Waals surface area (Å²) in [7, 11) is 0. The standard InChI is InChI=1S/C14H18ClN3S/c15-14-9-12(10-16)1-2-13(14)11-17-3-4-18-5-7-19-8-6-18/h1-2,9,17H,3-8,11H2. The minimum Gasteiger partial charge on any atom is -0.311 e. The van der Waals surface area contributed by atoms with Crippen molar-refractivity contribution in [3.05, 3.63) is 34.3 Å². The van der Waals surface area contributed by atoms with Gasteiger partial charge in [-0.15, -0.1) is 0 Å². The zero-order valence-electron chi connectivity index (χ0n) is 10.9. The maximum Gasteiger partial charge on any atom is 0.0992 e. The number of hydrogen-bond acceptors (Lipinski definition) is 4. The van der Waals surface area contributed by atoms with Crippen molar-refractivity contribution in [2.75, 3.05) is 37.7 Å². The number of benzene rings is 1. The molecule has 1 saturated heterocycles. The molecule has 1 aliphatic rings. The summed E-state index contributed by atoms with van der Waals surface area (Å²) < 4.78 is 0. The van der Waals surface area contributed by atoms with Crippen molar-refractivity contribution in [1.29, 1.82) is 5.26 Å². The van der Waals surface area contributed by atoms with E-state index in [0.29, 0.717) is 10.6 Å². The van der Waals surface area contributed by atoms with E-state index in [0.717, 1.165) is 25.2 Å². The Labute approximate surface area is 123 Å². The summed E-state index contributed by atoms with van der Waals surface area (Å²) >= 11 is 8.17. The first-order valence-corrected chi connectivity index (χ1v) is 8.02.